The van der Waals surface area contributed by atoms with Crippen LogP contribution >= 0.6 is 0 Å². The third-order valence-corrected chi connectivity index (χ3v) is 5.81. The summed E-state index contributed by atoms with van der Waals surface area (Å²) in [7, 11) is 1.57. The Morgan fingerprint density at radius 1 is 1.31 bits per heavy atom. The van der Waals surface area contributed by atoms with E-state index in [4.69, 9.17) is 15.2 Å². The van der Waals surface area contributed by atoms with Crippen molar-refractivity contribution in [1.82, 2.24) is 39.7 Å². The maximum Gasteiger partial charge on any atom is 0.293 e. The van der Waals surface area contributed by atoms with Crippen LogP contribution in [0.25, 0.3) is 11.2 Å². The highest BCUT2D eigenvalue weighted by Gasteiger charge is 2.49. The van der Waals surface area contributed by atoms with Gasteiger partial charge < -0.3 is 30.7 Å². The molecule has 0 bridgehead atoms. The summed E-state index contributed by atoms with van der Waals surface area (Å²) in [6.45, 7) is 0.0526. The average Bonchev–Trinajstić information content (AvgIpc) is 3.57. The van der Waals surface area contributed by atoms with Gasteiger partial charge in [0.05, 0.1) is 26.0 Å². The Bertz CT molecular complexity index is 1350. The van der Waals surface area contributed by atoms with Gasteiger partial charge in [-0.25, -0.2) is 4.98 Å². The third kappa shape index (κ3) is 4.41. The molecule has 0 aliphatic carbocycles. The van der Waals surface area contributed by atoms with Crippen molar-refractivity contribution in [2.75, 3.05) is 17.7 Å². The number of nitrogens with two attached hydrogens (primary N) is 1. The summed E-state index contributed by atoms with van der Waals surface area (Å²) in [5, 5.41) is 35.6. The monoisotopic (exact) mass is 496 g/mol. The normalized spacial score (nSPS) is 22.5. The molecule has 15 nitrogen and oxygen atoms in total. The molecule has 3 aromatic heterocycles. The molecule has 0 spiro atoms. The number of imidazole rings is 1. The summed E-state index contributed by atoms with van der Waals surface area (Å²) in [5.41, 5.74) is 7.72. The molecule has 0 unspecified atom stereocenters. The lowest BCUT2D eigenvalue weighted by Gasteiger charge is -2.20. The molecular weight excluding hydrogens is 472 g/mol. The number of aliphatic hydroxyl groups is 2. The van der Waals surface area contributed by atoms with Crippen molar-refractivity contribution in [1.29, 1.82) is 0 Å². The Morgan fingerprint density at radius 3 is 2.81 bits per heavy atom. The number of nitrogens with one attached hydrogen (secondary N) is 1. The van der Waals surface area contributed by atoms with E-state index >= 15 is 0 Å². The Kier molecular flexibility index (Phi) is 6.41. The minimum atomic E-state index is -1.29. The van der Waals surface area contributed by atoms with Gasteiger partial charge in [-0.1, -0.05) is 30.3 Å². The van der Waals surface area contributed by atoms with Crippen LogP contribution in [0.3, 0.4) is 0 Å². The second kappa shape index (κ2) is 9.80. The SMILES string of the molecule is Cn1nnc([C@H]2O[C@@H](n3cnc4c(N)nc(N[C@H](CO)Cc5ccccc5)nc43)[C@H](OC=O)[C@H]2O)n1. The number of carbonyl (C=O) groups excluding carboxylic acids is 1. The van der Waals surface area contributed by atoms with Crippen LogP contribution in [0.15, 0.2) is 36.7 Å². The van der Waals surface area contributed by atoms with Crippen LogP contribution in [0.5, 0.6) is 0 Å². The lowest BCUT2D eigenvalue weighted by molar-refractivity contribution is -0.142. The fourth-order valence-corrected chi connectivity index (χ4v) is 4.14. The summed E-state index contributed by atoms with van der Waals surface area (Å²) in [4.78, 5) is 25.5. The Labute approximate surface area is 203 Å². The molecule has 36 heavy (non-hydrogen) atoms. The van der Waals surface area contributed by atoms with Crippen LogP contribution in [0.2, 0.25) is 0 Å². The Morgan fingerprint density at radius 2 is 2.11 bits per heavy atom. The number of anilines is 2. The molecule has 4 heterocycles. The van der Waals surface area contributed by atoms with Gasteiger partial charge in [-0.15, -0.1) is 10.2 Å². The largest absolute Gasteiger partial charge is 0.457 e. The predicted octanol–water partition coefficient (Wildman–Crippen LogP) is -0.880. The third-order valence-electron chi connectivity index (χ3n) is 5.81. The van der Waals surface area contributed by atoms with E-state index in [2.05, 4.69) is 35.7 Å². The van der Waals surface area contributed by atoms with E-state index < -0.39 is 24.5 Å². The fraction of sp³-hybridized carbons (Fsp3) is 0.381. The number of ether oxygens (including phenoxy) is 2. The van der Waals surface area contributed by atoms with Crippen LogP contribution in [0.1, 0.15) is 23.7 Å². The lowest BCUT2D eigenvalue weighted by Crippen LogP contribution is -2.32. The Hall–Kier alpha value is -4.21. The van der Waals surface area contributed by atoms with E-state index in [1.165, 1.54) is 15.7 Å². The number of hydrogen-bond acceptors (Lipinski definition) is 13. The highest BCUT2D eigenvalue weighted by molar-refractivity contribution is 5.83. The van der Waals surface area contributed by atoms with Gasteiger partial charge in [0.25, 0.3) is 6.47 Å². The molecule has 1 saturated heterocycles. The van der Waals surface area contributed by atoms with Gasteiger partial charge >= 0.3 is 0 Å². The van der Waals surface area contributed by atoms with Crippen molar-refractivity contribution >= 4 is 29.4 Å². The molecule has 5 atom stereocenters. The van der Waals surface area contributed by atoms with Crippen molar-refractivity contribution in [3.8, 4) is 0 Å². The van der Waals surface area contributed by atoms with Gasteiger partial charge in [0.1, 0.15) is 11.6 Å². The van der Waals surface area contributed by atoms with E-state index in [-0.39, 0.29) is 47.9 Å². The molecule has 5 N–H and O–H groups in total. The van der Waals surface area contributed by atoms with Gasteiger partial charge in [-0.05, 0) is 17.2 Å². The Balaban J connectivity index is 1.46. The number of aromatic nitrogens is 8. The minimum absolute atomic E-state index is 0.0937. The van der Waals surface area contributed by atoms with E-state index in [0.29, 0.717) is 6.42 Å². The quantitative estimate of drug-likeness (QED) is 0.208. The van der Waals surface area contributed by atoms with Crippen molar-refractivity contribution in [2.45, 2.75) is 37.0 Å². The van der Waals surface area contributed by atoms with Crippen LogP contribution in [0, 0.1) is 0 Å². The number of aliphatic hydroxyl groups excluding tert-OH is 2. The number of fused-ring (bicyclic) bond motifs is 1. The number of benzene rings is 1. The van der Waals surface area contributed by atoms with Gasteiger partial charge in [0.2, 0.25) is 11.8 Å². The summed E-state index contributed by atoms with van der Waals surface area (Å²) in [6, 6.07) is 9.27. The molecule has 4 aromatic rings. The number of nitrogens with zero attached hydrogens (tertiary/aromatic N) is 8. The molecular formula is C21H24N10O5. The lowest BCUT2D eigenvalue weighted by atomic mass is 10.1. The highest BCUT2D eigenvalue weighted by Crippen LogP contribution is 2.40. The molecule has 1 fully saturated rings. The fourth-order valence-electron chi connectivity index (χ4n) is 4.14. The van der Waals surface area contributed by atoms with E-state index in [1.807, 2.05) is 30.3 Å². The average molecular weight is 496 g/mol. The molecule has 1 aromatic carbocycles. The molecule has 5 rings (SSSR count). The van der Waals surface area contributed by atoms with Crippen LogP contribution in [-0.2, 0) is 27.7 Å². The predicted molar refractivity (Wildman–Crippen MR) is 123 cm³/mol. The molecule has 1 aliphatic heterocycles. The number of aryl methyl sites for hydroxylation is 1. The molecule has 188 valence electrons. The molecule has 0 saturated carbocycles. The van der Waals surface area contributed by atoms with Crippen LogP contribution < -0.4 is 11.1 Å². The topological polar surface area (TPSA) is 201 Å². The highest BCUT2D eigenvalue weighted by atomic mass is 16.6. The zero-order valence-corrected chi connectivity index (χ0v) is 19.1. The smallest absolute Gasteiger partial charge is 0.293 e. The zero-order valence-electron chi connectivity index (χ0n) is 19.1. The summed E-state index contributed by atoms with van der Waals surface area (Å²) in [6.07, 6.45) is -2.53. The maximum atomic E-state index is 11.2. The van der Waals surface area contributed by atoms with Crippen LogP contribution in [-0.4, -0.2) is 81.3 Å². The first-order valence-corrected chi connectivity index (χ1v) is 11.1. The standard InChI is InChI=1S/C21H24N10O5/c1-30-28-18(27-29-30)15-14(34)16(35-10-33)20(36-15)31-9-23-13-17(22)25-21(26-19(13)31)24-12(8-32)7-11-5-3-2-4-6-11/h2-6,9-10,12,14-16,20,32,34H,7-8H2,1H3,(H3,22,24,25,26)/t12-,14-,15-,16+,20+/m0/s1. The van der Waals surface area contributed by atoms with Gasteiger partial charge in [-0.3, -0.25) is 9.36 Å². The van der Waals surface area contributed by atoms with E-state index in [1.54, 1.807) is 7.05 Å². The first-order valence-electron chi connectivity index (χ1n) is 11.1. The summed E-state index contributed by atoms with van der Waals surface area (Å²) < 4.78 is 12.6. The number of carbonyl (C=O) groups is 1. The number of rotatable bonds is 9. The minimum Gasteiger partial charge on any atom is -0.457 e. The van der Waals surface area contributed by atoms with Crippen molar-refractivity contribution in [3.63, 3.8) is 0 Å². The van der Waals surface area contributed by atoms with Gasteiger partial charge in [0, 0.05) is 0 Å². The van der Waals surface area contributed by atoms with Crippen molar-refractivity contribution in [2.24, 2.45) is 7.05 Å². The number of tetrazole rings is 1. The van der Waals surface area contributed by atoms with Gasteiger partial charge in [-0.2, -0.15) is 14.8 Å². The first kappa shape index (κ1) is 23.5. The molecule has 0 radical (unpaired) electrons. The zero-order chi connectivity index (χ0) is 25.2. The summed E-state index contributed by atoms with van der Waals surface area (Å²) in [5.74, 6) is 0.381. The van der Waals surface area contributed by atoms with Crippen molar-refractivity contribution in [3.05, 3.63) is 48.0 Å². The van der Waals surface area contributed by atoms with Gasteiger partial charge in [0.15, 0.2) is 29.9 Å². The molecule has 1 aliphatic rings. The van der Waals surface area contributed by atoms with Crippen LogP contribution in [0.4, 0.5) is 11.8 Å². The van der Waals surface area contributed by atoms with E-state index in [9.17, 15) is 15.0 Å². The molecule has 15 heteroatoms. The number of hydrogen-bond donors (Lipinski definition) is 4. The summed E-state index contributed by atoms with van der Waals surface area (Å²) >= 11 is 0. The second-order valence-corrected chi connectivity index (χ2v) is 8.24. The first-order chi connectivity index (χ1) is 17.5. The second-order valence-electron chi connectivity index (χ2n) is 8.24. The molecule has 0 amide bonds. The van der Waals surface area contributed by atoms with E-state index in [0.717, 1.165) is 5.56 Å². The number of nitrogen functional groups attached to an aromatic ring is 1. The van der Waals surface area contributed by atoms with Crippen molar-refractivity contribution < 1.29 is 24.5 Å². The maximum absolute atomic E-state index is 11.2.